The number of hydrogen-bond acceptors (Lipinski definition) is 2. The van der Waals surface area contributed by atoms with Gasteiger partial charge in [0.05, 0.1) is 0 Å². The first-order valence-electron chi connectivity index (χ1n) is 6.15. The second-order valence-corrected chi connectivity index (χ2v) is 4.73. The van der Waals surface area contributed by atoms with Gasteiger partial charge in [-0.3, -0.25) is 4.79 Å². The molecule has 0 spiro atoms. The van der Waals surface area contributed by atoms with Crippen LogP contribution in [0, 0.1) is 0 Å². The van der Waals surface area contributed by atoms with Crippen molar-refractivity contribution in [3.63, 3.8) is 0 Å². The van der Waals surface area contributed by atoms with Crippen LogP contribution in [0.15, 0.2) is 0 Å². The minimum absolute atomic E-state index is 0.140. The number of unbranched alkanes of at least 4 members (excludes halogenated alkanes) is 3. The van der Waals surface area contributed by atoms with Crippen molar-refractivity contribution in [3.05, 3.63) is 0 Å². The number of carbonyl (C=O) groups excluding carboxylic acids is 1. The summed E-state index contributed by atoms with van der Waals surface area (Å²) >= 11 is 4.51. The monoisotopic (exact) mass is 231 g/mol. The fourth-order valence-electron chi connectivity index (χ4n) is 1.45. The molecule has 0 saturated carbocycles. The highest BCUT2D eigenvalue weighted by molar-refractivity contribution is 7.80. The normalized spacial score (nSPS) is 12.5. The van der Waals surface area contributed by atoms with Crippen molar-refractivity contribution in [2.75, 3.05) is 6.54 Å². The number of hydrogen-bond donors (Lipinski definition) is 2. The quantitative estimate of drug-likeness (QED) is 0.463. The van der Waals surface area contributed by atoms with Gasteiger partial charge in [0.15, 0.2) is 0 Å². The molecular weight excluding hydrogens is 206 g/mol. The van der Waals surface area contributed by atoms with Gasteiger partial charge in [0.25, 0.3) is 0 Å². The van der Waals surface area contributed by atoms with E-state index < -0.39 is 0 Å². The van der Waals surface area contributed by atoms with Crippen LogP contribution in [0.1, 0.15) is 58.8 Å². The predicted octanol–water partition coefficient (Wildman–Crippen LogP) is 3.17. The van der Waals surface area contributed by atoms with E-state index >= 15 is 0 Å². The van der Waals surface area contributed by atoms with Gasteiger partial charge in [-0.2, -0.15) is 12.6 Å². The Morgan fingerprint density at radius 2 is 1.93 bits per heavy atom. The molecule has 1 atom stereocenters. The first kappa shape index (κ1) is 14.8. The average Bonchev–Trinajstić information content (AvgIpc) is 2.24. The van der Waals surface area contributed by atoms with Crippen molar-refractivity contribution in [1.82, 2.24) is 5.32 Å². The summed E-state index contributed by atoms with van der Waals surface area (Å²) in [6.45, 7) is 4.87. The Balaban J connectivity index is 3.25. The largest absolute Gasteiger partial charge is 0.356 e. The Kier molecular flexibility index (Phi) is 10.2. The lowest BCUT2D eigenvalue weighted by molar-refractivity contribution is -0.120. The molecule has 0 aliphatic rings. The molecular formula is C12H25NOS. The van der Waals surface area contributed by atoms with Crippen molar-refractivity contribution in [2.45, 2.75) is 64.0 Å². The van der Waals surface area contributed by atoms with Crippen LogP contribution in [0.25, 0.3) is 0 Å². The topological polar surface area (TPSA) is 29.1 Å². The lowest BCUT2D eigenvalue weighted by atomic mass is 10.1. The number of thiol groups is 1. The number of carbonyl (C=O) groups is 1. The Morgan fingerprint density at radius 3 is 2.53 bits per heavy atom. The molecule has 1 N–H and O–H groups in total. The first-order chi connectivity index (χ1) is 7.20. The van der Waals surface area contributed by atoms with E-state index in [1.54, 1.807) is 0 Å². The smallest absolute Gasteiger partial charge is 0.219 e. The molecule has 2 nitrogen and oxygen atoms in total. The van der Waals surface area contributed by atoms with E-state index in [0.29, 0.717) is 11.7 Å². The zero-order chi connectivity index (χ0) is 11.5. The van der Waals surface area contributed by atoms with E-state index in [2.05, 4.69) is 24.9 Å². The molecule has 0 aromatic carbocycles. The molecule has 0 aromatic heterocycles. The highest BCUT2D eigenvalue weighted by Crippen LogP contribution is 2.12. The van der Waals surface area contributed by atoms with Crippen LogP contribution >= 0.6 is 12.6 Å². The number of amides is 1. The molecule has 1 unspecified atom stereocenters. The highest BCUT2D eigenvalue weighted by Gasteiger charge is 2.03. The molecule has 0 aliphatic carbocycles. The molecule has 15 heavy (non-hydrogen) atoms. The molecule has 0 aromatic rings. The second-order valence-electron chi connectivity index (χ2n) is 4.00. The Hall–Kier alpha value is -0.180. The van der Waals surface area contributed by atoms with E-state index in [-0.39, 0.29) is 5.91 Å². The van der Waals surface area contributed by atoms with Crippen molar-refractivity contribution >= 4 is 18.5 Å². The zero-order valence-corrected chi connectivity index (χ0v) is 11.0. The lowest BCUT2D eigenvalue weighted by Crippen LogP contribution is -2.25. The third-order valence-corrected chi connectivity index (χ3v) is 3.03. The van der Waals surface area contributed by atoms with E-state index in [4.69, 9.17) is 0 Å². The maximum absolute atomic E-state index is 11.0. The van der Waals surface area contributed by atoms with Gasteiger partial charge in [-0.15, -0.1) is 0 Å². The summed E-state index contributed by atoms with van der Waals surface area (Å²) in [5.41, 5.74) is 0. The summed E-state index contributed by atoms with van der Waals surface area (Å²) in [6.07, 6.45) is 7.93. The van der Waals surface area contributed by atoms with Crippen LogP contribution in [0.4, 0.5) is 0 Å². The number of nitrogens with one attached hydrogen (secondary N) is 1. The minimum atomic E-state index is 0.140. The molecule has 0 bridgehead atoms. The molecule has 0 radical (unpaired) electrons. The lowest BCUT2D eigenvalue weighted by Gasteiger charge is -2.10. The van der Waals surface area contributed by atoms with Crippen molar-refractivity contribution in [1.29, 1.82) is 0 Å². The number of rotatable bonds is 9. The summed E-state index contributed by atoms with van der Waals surface area (Å²) in [5, 5.41) is 3.32. The molecule has 0 saturated heterocycles. The van der Waals surface area contributed by atoms with Gasteiger partial charge in [-0.1, -0.05) is 39.5 Å². The van der Waals surface area contributed by atoms with Crippen molar-refractivity contribution in [2.24, 2.45) is 0 Å². The Morgan fingerprint density at radius 1 is 1.20 bits per heavy atom. The molecule has 0 rings (SSSR count). The Labute approximate surface area is 99.6 Å². The van der Waals surface area contributed by atoms with Gasteiger partial charge < -0.3 is 5.32 Å². The van der Waals surface area contributed by atoms with Gasteiger partial charge in [-0.25, -0.2) is 0 Å². The van der Waals surface area contributed by atoms with Gasteiger partial charge in [-0.05, 0) is 12.8 Å². The van der Waals surface area contributed by atoms with Gasteiger partial charge >= 0.3 is 0 Å². The molecule has 1 amide bonds. The summed E-state index contributed by atoms with van der Waals surface area (Å²) in [5.74, 6) is 0.140. The van der Waals surface area contributed by atoms with E-state index in [9.17, 15) is 4.79 Å². The molecule has 0 aliphatic heterocycles. The van der Waals surface area contributed by atoms with E-state index in [1.165, 1.54) is 32.1 Å². The first-order valence-corrected chi connectivity index (χ1v) is 6.67. The predicted molar refractivity (Wildman–Crippen MR) is 69.5 cm³/mol. The van der Waals surface area contributed by atoms with Crippen molar-refractivity contribution < 1.29 is 4.79 Å². The highest BCUT2D eigenvalue weighted by atomic mass is 32.1. The van der Waals surface area contributed by atoms with Crippen LogP contribution < -0.4 is 5.32 Å². The van der Waals surface area contributed by atoms with Gasteiger partial charge in [0, 0.05) is 18.2 Å². The maximum atomic E-state index is 11.0. The van der Waals surface area contributed by atoms with E-state index in [0.717, 1.165) is 13.0 Å². The third kappa shape index (κ3) is 10.1. The minimum Gasteiger partial charge on any atom is -0.356 e. The van der Waals surface area contributed by atoms with Gasteiger partial charge in [0.1, 0.15) is 0 Å². The Bertz CT molecular complexity index is 162. The SMILES string of the molecule is CCCCCCC(S)CCNC(=O)CC. The fourth-order valence-corrected chi connectivity index (χ4v) is 1.77. The van der Waals surface area contributed by atoms with E-state index in [1.807, 2.05) is 6.92 Å². The zero-order valence-electron chi connectivity index (χ0n) is 10.1. The van der Waals surface area contributed by atoms with Crippen LogP contribution in [0.3, 0.4) is 0 Å². The second kappa shape index (κ2) is 10.3. The van der Waals surface area contributed by atoms with Crippen LogP contribution in [-0.4, -0.2) is 17.7 Å². The summed E-state index contributed by atoms with van der Waals surface area (Å²) in [4.78, 5) is 11.0. The van der Waals surface area contributed by atoms with Crippen LogP contribution in [-0.2, 0) is 4.79 Å². The molecule has 90 valence electrons. The third-order valence-electron chi connectivity index (χ3n) is 2.51. The summed E-state index contributed by atoms with van der Waals surface area (Å²) in [6, 6.07) is 0. The standard InChI is InChI=1S/C12H25NOS/c1-3-5-6-7-8-11(15)9-10-13-12(14)4-2/h11,15H,3-10H2,1-2H3,(H,13,14). The summed E-state index contributed by atoms with van der Waals surface area (Å²) in [7, 11) is 0. The van der Waals surface area contributed by atoms with Crippen molar-refractivity contribution in [3.8, 4) is 0 Å². The average molecular weight is 231 g/mol. The van der Waals surface area contributed by atoms with Crippen LogP contribution in [0.5, 0.6) is 0 Å². The summed E-state index contributed by atoms with van der Waals surface area (Å²) < 4.78 is 0. The fraction of sp³-hybridized carbons (Fsp3) is 0.917. The van der Waals surface area contributed by atoms with Gasteiger partial charge in [0.2, 0.25) is 5.91 Å². The molecule has 0 fully saturated rings. The molecule has 0 heterocycles. The maximum Gasteiger partial charge on any atom is 0.219 e. The molecule has 3 heteroatoms. The van der Waals surface area contributed by atoms with Crippen LogP contribution in [0.2, 0.25) is 0 Å².